The minimum absolute atomic E-state index is 0.100. The number of carbonyl (C=O) groups is 1. The lowest BCUT2D eigenvalue weighted by Crippen LogP contribution is -2.27. The number of aromatic amines is 1. The van der Waals surface area contributed by atoms with Crippen molar-refractivity contribution in [3.63, 3.8) is 0 Å². The SMILES string of the molecule is C=C(C)COCCNS(=O)(=O)c1c[nH]c(C(=O)O)c1. The Hall–Kier alpha value is -1.64. The van der Waals surface area contributed by atoms with E-state index in [0.29, 0.717) is 6.61 Å². The van der Waals surface area contributed by atoms with E-state index < -0.39 is 16.0 Å². The summed E-state index contributed by atoms with van der Waals surface area (Å²) in [5.74, 6) is -1.22. The molecule has 0 atom stereocenters. The van der Waals surface area contributed by atoms with Gasteiger partial charge in [0.15, 0.2) is 0 Å². The maximum absolute atomic E-state index is 11.8. The van der Waals surface area contributed by atoms with Crippen LogP contribution in [-0.2, 0) is 14.8 Å². The van der Waals surface area contributed by atoms with Crippen LogP contribution in [0.1, 0.15) is 17.4 Å². The van der Waals surface area contributed by atoms with Crippen molar-refractivity contribution in [3.05, 3.63) is 30.1 Å². The molecule has 0 bridgehead atoms. The molecule has 0 aromatic carbocycles. The van der Waals surface area contributed by atoms with E-state index in [1.54, 1.807) is 6.92 Å². The molecule has 0 amide bonds. The van der Waals surface area contributed by atoms with Gasteiger partial charge in [-0.15, -0.1) is 0 Å². The molecule has 106 valence electrons. The number of aromatic nitrogens is 1. The number of rotatable bonds is 8. The highest BCUT2D eigenvalue weighted by Gasteiger charge is 2.17. The Bertz CT molecular complexity index is 561. The van der Waals surface area contributed by atoms with Crippen molar-refractivity contribution in [2.24, 2.45) is 0 Å². The average molecular weight is 288 g/mol. The van der Waals surface area contributed by atoms with Crippen LogP contribution >= 0.6 is 0 Å². The Balaban J connectivity index is 2.51. The summed E-state index contributed by atoms with van der Waals surface area (Å²) in [6.45, 7) is 6.13. The van der Waals surface area contributed by atoms with E-state index in [1.807, 2.05) is 0 Å². The molecule has 0 aliphatic heterocycles. The summed E-state index contributed by atoms with van der Waals surface area (Å²) >= 11 is 0. The van der Waals surface area contributed by atoms with Crippen LogP contribution in [0.5, 0.6) is 0 Å². The fraction of sp³-hybridized carbons (Fsp3) is 0.364. The Kier molecular flexibility index (Phi) is 5.28. The van der Waals surface area contributed by atoms with Crippen LogP contribution in [0.4, 0.5) is 0 Å². The first-order valence-corrected chi connectivity index (χ1v) is 6.95. The Morgan fingerprint density at radius 3 is 2.79 bits per heavy atom. The number of hydrogen-bond acceptors (Lipinski definition) is 4. The maximum Gasteiger partial charge on any atom is 0.352 e. The predicted molar refractivity (Wildman–Crippen MR) is 68.6 cm³/mol. The third-order valence-corrected chi connectivity index (χ3v) is 3.52. The minimum atomic E-state index is -3.72. The molecule has 1 aromatic rings. The Morgan fingerprint density at radius 1 is 1.58 bits per heavy atom. The lowest BCUT2D eigenvalue weighted by atomic mass is 10.4. The van der Waals surface area contributed by atoms with Gasteiger partial charge in [0.1, 0.15) is 10.6 Å². The smallest absolute Gasteiger partial charge is 0.352 e. The molecule has 0 unspecified atom stereocenters. The molecular weight excluding hydrogens is 272 g/mol. The number of aromatic carboxylic acids is 1. The number of ether oxygens (including phenoxy) is 1. The number of carboxylic acid groups (broad SMARTS) is 1. The lowest BCUT2D eigenvalue weighted by Gasteiger charge is -2.05. The van der Waals surface area contributed by atoms with Crippen molar-refractivity contribution < 1.29 is 23.1 Å². The van der Waals surface area contributed by atoms with Crippen molar-refractivity contribution >= 4 is 16.0 Å². The Labute approximate surface area is 111 Å². The van der Waals surface area contributed by atoms with Gasteiger partial charge in [-0.2, -0.15) is 0 Å². The largest absolute Gasteiger partial charge is 0.477 e. The molecule has 1 aromatic heterocycles. The summed E-state index contributed by atoms with van der Waals surface area (Å²) < 4.78 is 31.0. The van der Waals surface area contributed by atoms with Crippen molar-refractivity contribution in [1.29, 1.82) is 0 Å². The molecule has 19 heavy (non-hydrogen) atoms. The fourth-order valence-electron chi connectivity index (χ4n) is 1.23. The third kappa shape index (κ3) is 4.86. The summed E-state index contributed by atoms with van der Waals surface area (Å²) in [6.07, 6.45) is 1.13. The summed E-state index contributed by atoms with van der Waals surface area (Å²) in [5.41, 5.74) is 0.665. The van der Waals surface area contributed by atoms with Crippen molar-refractivity contribution in [1.82, 2.24) is 9.71 Å². The highest BCUT2D eigenvalue weighted by molar-refractivity contribution is 7.89. The number of H-pyrrole nitrogens is 1. The van der Waals surface area contributed by atoms with Crippen LogP contribution in [0.3, 0.4) is 0 Å². The highest BCUT2D eigenvalue weighted by atomic mass is 32.2. The first-order valence-electron chi connectivity index (χ1n) is 5.46. The maximum atomic E-state index is 11.8. The van der Waals surface area contributed by atoms with Crippen molar-refractivity contribution in [2.45, 2.75) is 11.8 Å². The van der Waals surface area contributed by atoms with Gasteiger partial charge in [0, 0.05) is 12.7 Å². The first-order chi connectivity index (χ1) is 8.83. The zero-order chi connectivity index (χ0) is 14.5. The van der Waals surface area contributed by atoms with E-state index in [0.717, 1.165) is 17.8 Å². The molecule has 3 N–H and O–H groups in total. The summed E-state index contributed by atoms with van der Waals surface area (Å²) in [7, 11) is -3.72. The molecule has 0 aliphatic rings. The molecule has 7 nitrogen and oxygen atoms in total. The minimum Gasteiger partial charge on any atom is -0.477 e. The second-order valence-electron chi connectivity index (χ2n) is 3.96. The zero-order valence-corrected chi connectivity index (χ0v) is 11.3. The van der Waals surface area contributed by atoms with Crippen LogP contribution in [0.2, 0.25) is 0 Å². The van der Waals surface area contributed by atoms with Crippen LogP contribution in [-0.4, -0.2) is 44.2 Å². The zero-order valence-electron chi connectivity index (χ0n) is 10.5. The summed E-state index contributed by atoms with van der Waals surface area (Å²) in [4.78, 5) is 12.9. The standard InChI is InChI=1S/C11H16N2O5S/c1-8(2)7-18-4-3-13-19(16,17)9-5-10(11(14)15)12-6-9/h5-6,12-13H,1,3-4,7H2,2H3,(H,14,15). The van der Waals surface area contributed by atoms with Gasteiger partial charge in [0.05, 0.1) is 13.2 Å². The molecule has 1 heterocycles. The van der Waals surface area contributed by atoms with Gasteiger partial charge in [-0.1, -0.05) is 12.2 Å². The van der Waals surface area contributed by atoms with E-state index in [4.69, 9.17) is 9.84 Å². The average Bonchev–Trinajstić information content (AvgIpc) is 2.77. The number of carboxylic acids is 1. The van der Waals surface area contributed by atoms with Crippen LogP contribution in [0.25, 0.3) is 0 Å². The number of nitrogens with one attached hydrogen (secondary N) is 2. The summed E-state index contributed by atoms with van der Waals surface area (Å²) in [6, 6.07) is 1.05. The quantitative estimate of drug-likeness (QED) is 0.479. The van der Waals surface area contributed by atoms with Gasteiger partial charge < -0.3 is 14.8 Å². The molecule has 0 aliphatic carbocycles. The van der Waals surface area contributed by atoms with Gasteiger partial charge in [-0.05, 0) is 13.0 Å². The summed E-state index contributed by atoms with van der Waals surface area (Å²) in [5, 5.41) is 8.69. The highest BCUT2D eigenvalue weighted by Crippen LogP contribution is 2.10. The van der Waals surface area contributed by atoms with Gasteiger partial charge in [0.2, 0.25) is 10.0 Å². The normalized spacial score (nSPS) is 11.4. The molecule has 0 radical (unpaired) electrons. The van der Waals surface area contributed by atoms with E-state index in [2.05, 4.69) is 16.3 Å². The third-order valence-electron chi connectivity index (χ3n) is 2.08. The van der Waals surface area contributed by atoms with Crippen LogP contribution in [0, 0.1) is 0 Å². The topological polar surface area (TPSA) is 108 Å². The monoisotopic (exact) mass is 288 g/mol. The van der Waals surface area contributed by atoms with E-state index in [9.17, 15) is 13.2 Å². The fourth-order valence-corrected chi connectivity index (χ4v) is 2.24. The van der Waals surface area contributed by atoms with Crippen LogP contribution in [0.15, 0.2) is 29.3 Å². The lowest BCUT2D eigenvalue weighted by molar-refractivity contribution is 0.0691. The van der Waals surface area contributed by atoms with Gasteiger partial charge in [-0.25, -0.2) is 17.9 Å². The molecule has 8 heteroatoms. The van der Waals surface area contributed by atoms with E-state index in [1.165, 1.54) is 0 Å². The molecule has 0 fully saturated rings. The predicted octanol–water partition coefficient (Wildman–Crippen LogP) is 0.584. The van der Waals surface area contributed by atoms with Crippen molar-refractivity contribution in [2.75, 3.05) is 19.8 Å². The second kappa shape index (κ2) is 6.50. The first kappa shape index (κ1) is 15.4. The second-order valence-corrected chi connectivity index (χ2v) is 5.73. The molecule has 1 rings (SSSR count). The molecule has 0 saturated carbocycles. The Morgan fingerprint density at radius 2 is 2.26 bits per heavy atom. The van der Waals surface area contributed by atoms with Crippen molar-refractivity contribution in [3.8, 4) is 0 Å². The molecule has 0 spiro atoms. The number of hydrogen-bond donors (Lipinski definition) is 3. The molecule has 0 saturated heterocycles. The van der Waals surface area contributed by atoms with Gasteiger partial charge in [0.25, 0.3) is 0 Å². The van der Waals surface area contributed by atoms with E-state index >= 15 is 0 Å². The molecular formula is C11H16N2O5S. The van der Waals surface area contributed by atoms with Crippen LogP contribution < -0.4 is 4.72 Å². The number of sulfonamides is 1. The van der Waals surface area contributed by atoms with Gasteiger partial charge in [-0.3, -0.25) is 0 Å². The van der Waals surface area contributed by atoms with E-state index in [-0.39, 0.29) is 23.7 Å². The van der Waals surface area contributed by atoms with Gasteiger partial charge >= 0.3 is 5.97 Å².